The van der Waals surface area contributed by atoms with Crippen LogP contribution < -0.4 is 19.5 Å². The number of carbonyl (C=O) groups is 2. The van der Waals surface area contributed by atoms with Gasteiger partial charge in [0.15, 0.2) is 0 Å². The van der Waals surface area contributed by atoms with Gasteiger partial charge < -0.3 is 29.3 Å². The van der Waals surface area contributed by atoms with E-state index in [-0.39, 0.29) is 22.6 Å². The molecule has 178 valence electrons. The highest BCUT2D eigenvalue weighted by Crippen LogP contribution is 2.47. The van der Waals surface area contributed by atoms with Crippen LogP contribution in [0, 0.1) is 0 Å². The van der Waals surface area contributed by atoms with Crippen LogP contribution in [0.1, 0.15) is 24.3 Å². The first kappa shape index (κ1) is 24.6. The summed E-state index contributed by atoms with van der Waals surface area (Å²) in [5.74, 6) is 2.05. The molecule has 2 aromatic rings. The third kappa shape index (κ3) is 5.47. The number of urea groups is 1. The molecule has 9 heteroatoms. The van der Waals surface area contributed by atoms with Crippen LogP contribution in [0.5, 0.6) is 17.2 Å². The predicted molar refractivity (Wildman–Crippen MR) is 130 cm³/mol. The number of hydrogen-bond donors (Lipinski definition) is 1. The lowest BCUT2D eigenvalue weighted by Crippen LogP contribution is -2.40. The molecule has 0 saturated carbocycles. The number of ether oxygens (including phenoxy) is 3. The standard InChI is InChI=1S/C24H31N3O5S/c1-6-21-22(28)27(23(33-21)17-15-16(30-3)11-12-19(17)31-4)14-13-26(2)24(29)25-18-9-7-8-10-20(18)32-5/h7-12,15,21,23H,6,13-14H2,1-5H3,(H,25,29)/t21-,23-/m0/s1. The highest BCUT2D eigenvalue weighted by atomic mass is 32.2. The fraction of sp³-hybridized carbons (Fsp3) is 0.417. The molecule has 0 bridgehead atoms. The molecule has 0 radical (unpaired) electrons. The number of anilines is 1. The summed E-state index contributed by atoms with van der Waals surface area (Å²) in [4.78, 5) is 29.2. The Morgan fingerprint density at radius 1 is 1.09 bits per heavy atom. The van der Waals surface area contributed by atoms with Gasteiger partial charge in [0, 0.05) is 25.7 Å². The van der Waals surface area contributed by atoms with Crippen molar-refractivity contribution in [2.75, 3.05) is 46.8 Å². The van der Waals surface area contributed by atoms with Crippen molar-refractivity contribution >= 4 is 29.4 Å². The van der Waals surface area contributed by atoms with Gasteiger partial charge in [-0.15, -0.1) is 11.8 Å². The summed E-state index contributed by atoms with van der Waals surface area (Å²) in [5, 5.41) is 2.50. The van der Waals surface area contributed by atoms with Crippen molar-refractivity contribution in [2.24, 2.45) is 0 Å². The number of carbonyl (C=O) groups excluding carboxylic acids is 2. The Labute approximate surface area is 199 Å². The van der Waals surface area contributed by atoms with Gasteiger partial charge in [-0.05, 0) is 36.8 Å². The van der Waals surface area contributed by atoms with E-state index in [9.17, 15) is 9.59 Å². The lowest BCUT2D eigenvalue weighted by molar-refractivity contribution is -0.130. The molecule has 1 saturated heterocycles. The molecule has 1 aliphatic rings. The van der Waals surface area contributed by atoms with Gasteiger partial charge in [0.2, 0.25) is 5.91 Å². The van der Waals surface area contributed by atoms with Crippen molar-refractivity contribution in [3.63, 3.8) is 0 Å². The van der Waals surface area contributed by atoms with E-state index >= 15 is 0 Å². The topological polar surface area (TPSA) is 80.3 Å². The minimum atomic E-state index is -0.277. The summed E-state index contributed by atoms with van der Waals surface area (Å²) in [5.41, 5.74) is 1.47. The first-order chi connectivity index (χ1) is 15.9. The molecule has 1 fully saturated rings. The maximum Gasteiger partial charge on any atom is 0.321 e. The van der Waals surface area contributed by atoms with Crippen LogP contribution in [0.4, 0.5) is 10.5 Å². The van der Waals surface area contributed by atoms with Crippen LogP contribution in [-0.2, 0) is 4.79 Å². The molecule has 33 heavy (non-hydrogen) atoms. The van der Waals surface area contributed by atoms with Crippen LogP contribution >= 0.6 is 11.8 Å². The molecule has 2 aromatic carbocycles. The summed E-state index contributed by atoms with van der Waals surface area (Å²) >= 11 is 1.60. The third-order valence-electron chi connectivity index (χ3n) is 5.58. The minimum Gasteiger partial charge on any atom is -0.497 e. The third-order valence-corrected chi connectivity index (χ3v) is 7.21. The summed E-state index contributed by atoms with van der Waals surface area (Å²) in [7, 11) is 6.49. The van der Waals surface area contributed by atoms with Crippen molar-refractivity contribution < 1.29 is 23.8 Å². The van der Waals surface area contributed by atoms with Crippen molar-refractivity contribution in [2.45, 2.75) is 24.0 Å². The molecule has 3 amide bonds. The average molecular weight is 474 g/mol. The fourth-order valence-corrected chi connectivity index (χ4v) is 5.12. The van der Waals surface area contributed by atoms with E-state index in [4.69, 9.17) is 14.2 Å². The predicted octanol–water partition coefficient (Wildman–Crippen LogP) is 4.23. The van der Waals surface area contributed by atoms with Crippen LogP contribution in [0.3, 0.4) is 0 Å². The second-order valence-electron chi connectivity index (χ2n) is 7.58. The molecule has 1 aliphatic heterocycles. The fourth-order valence-electron chi connectivity index (χ4n) is 3.68. The van der Waals surface area contributed by atoms with Gasteiger partial charge >= 0.3 is 6.03 Å². The number of rotatable bonds is 9. The monoisotopic (exact) mass is 473 g/mol. The van der Waals surface area contributed by atoms with Crippen LogP contribution in [-0.4, -0.2) is 68.5 Å². The molecular formula is C24H31N3O5S. The van der Waals surface area contributed by atoms with Crippen LogP contribution in [0.2, 0.25) is 0 Å². The summed E-state index contributed by atoms with van der Waals surface area (Å²) in [6.07, 6.45) is 0.729. The Morgan fingerprint density at radius 3 is 2.48 bits per heavy atom. The molecule has 1 N–H and O–H groups in total. The molecule has 8 nitrogen and oxygen atoms in total. The van der Waals surface area contributed by atoms with Gasteiger partial charge in [-0.3, -0.25) is 4.79 Å². The largest absolute Gasteiger partial charge is 0.497 e. The van der Waals surface area contributed by atoms with Gasteiger partial charge in [-0.25, -0.2) is 4.79 Å². The maximum atomic E-state index is 13.1. The summed E-state index contributed by atoms with van der Waals surface area (Å²) in [6, 6.07) is 12.6. The summed E-state index contributed by atoms with van der Waals surface area (Å²) < 4.78 is 16.3. The number of amides is 3. The number of nitrogens with zero attached hydrogens (tertiary/aromatic N) is 2. The number of benzene rings is 2. The quantitative estimate of drug-likeness (QED) is 0.587. The summed E-state index contributed by atoms with van der Waals surface area (Å²) in [6.45, 7) is 2.77. The van der Waals surface area contributed by atoms with E-state index in [1.165, 1.54) is 0 Å². The first-order valence-corrected chi connectivity index (χ1v) is 11.7. The van der Waals surface area contributed by atoms with Gasteiger partial charge in [0.05, 0.1) is 32.3 Å². The number of methoxy groups -OCH3 is 3. The molecule has 0 aliphatic carbocycles. The van der Waals surface area contributed by atoms with E-state index in [0.29, 0.717) is 36.0 Å². The lowest BCUT2D eigenvalue weighted by Gasteiger charge is -2.28. The van der Waals surface area contributed by atoms with E-state index in [0.717, 1.165) is 12.0 Å². The van der Waals surface area contributed by atoms with E-state index in [1.807, 2.05) is 42.2 Å². The molecule has 0 unspecified atom stereocenters. The number of hydrogen-bond acceptors (Lipinski definition) is 6. The zero-order valence-corrected chi connectivity index (χ0v) is 20.5. The Kier molecular flexibility index (Phi) is 8.32. The van der Waals surface area contributed by atoms with E-state index in [2.05, 4.69) is 5.32 Å². The normalized spacial score (nSPS) is 17.6. The Morgan fingerprint density at radius 2 is 1.82 bits per heavy atom. The zero-order valence-electron chi connectivity index (χ0n) is 19.7. The molecule has 0 aromatic heterocycles. The van der Waals surface area contributed by atoms with Crippen molar-refractivity contribution in [1.29, 1.82) is 0 Å². The van der Waals surface area contributed by atoms with Gasteiger partial charge in [0.1, 0.15) is 22.6 Å². The van der Waals surface area contributed by atoms with Crippen molar-refractivity contribution in [3.05, 3.63) is 48.0 Å². The lowest BCUT2D eigenvalue weighted by atomic mass is 10.1. The number of likely N-dealkylation sites (N-methyl/N-ethyl adjacent to an activating group) is 1. The van der Waals surface area contributed by atoms with Gasteiger partial charge in [-0.1, -0.05) is 19.1 Å². The first-order valence-electron chi connectivity index (χ1n) is 10.8. The minimum absolute atomic E-state index is 0.0657. The van der Waals surface area contributed by atoms with Crippen molar-refractivity contribution in [1.82, 2.24) is 9.80 Å². The molecule has 3 rings (SSSR count). The Hall–Kier alpha value is -3.07. The highest BCUT2D eigenvalue weighted by molar-refractivity contribution is 8.01. The average Bonchev–Trinajstić information content (AvgIpc) is 3.17. The van der Waals surface area contributed by atoms with Gasteiger partial charge in [-0.2, -0.15) is 0 Å². The number of para-hydroxylation sites is 2. The van der Waals surface area contributed by atoms with Crippen LogP contribution in [0.25, 0.3) is 0 Å². The number of thioether (sulfide) groups is 1. The SMILES string of the molecule is CC[C@@H]1S[C@@H](c2cc(OC)ccc2OC)N(CCN(C)C(=O)Nc2ccccc2OC)C1=O. The smallest absolute Gasteiger partial charge is 0.321 e. The molecule has 2 atom stereocenters. The second-order valence-corrected chi connectivity index (χ2v) is 8.86. The zero-order chi connectivity index (χ0) is 24.0. The highest BCUT2D eigenvalue weighted by Gasteiger charge is 2.41. The van der Waals surface area contributed by atoms with E-state index in [1.54, 1.807) is 57.2 Å². The van der Waals surface area contributed by atoms with Gasteiger partial charge in [0.25, 0.3) is 0 Å². The second kappa shape index (κ2) is 11.2. The van der Waals surface area contributed by atoms with E-state index < -0.39 is 0 Å². The number of nitrogens with one attached hydrogen (secondary N) is 1. The Bertz CT molecular complexity index is 986. The molecular weight excluding hydrogens is 442 g/mol. The Balaban J connectivity index is 1.75. The molecule has 0 spiro atoms. The van der Waals surface area contributed by atoms with Crippen LogP contribution in [0.15, 0.2) is 42.5 Å². The van der Waals surface area contributed by atoms with Crippen molar-refractivity contribution in [3.8, 4) is 17.2 Å². The molecule has 1 heterocycles. The maximum absolute atomic E-state index is 13.1.